The Bertz CT molecular complexity index is 948. The number of hydrogen-bond acceptors (Lipinski definition) is 4. The summed E-state index contributed by atoms with van der Waals surface area (Å²) in [5.74, 6) is 0.722. The fourth-order valence-electron chi connectivity index (χ4n) is 2.77. The van der Waals surface area contributed by atoms with E-state index < -0.39 is 0 Å². The molecule has 26 heavy (non-hydrogen) atoms. The smallest absolute Gasteiger partial charge is 0.287 e. The van der Waals surface area contributed by atoms with Crippen LogP contribution in [0.3, 0.4) is 0 Å². The number of ether oxygens (including phenoxy) is 2. The molecule has 0 radical (unpaired) electrons. The number of fused-ring (bicyclic) bond motifs is 1. The van der Waals surface area contributed by atoms with Crippen molar-refractivity contribution < 1.29 is 23.1 Å². The van der Waals surface area contributed by atoms with Gasteiger partial charge >= 0.3 is 0 Å². The molecule has 1 N–H and O–H groups in total. The summed E-state index contributed by atoms with van der Waals surface area (Å²) in [6.07, 6.45) is 0. The first-order valence-corrected chi connectivity index (χ1v) is 8.30. The predicted molar refractivity (Wildman–Crippen MR) is 96.2 cm³/mol. The number of furan rings is 1. The number of rotatable bonds is 6. The van der Waals surface area contributed by atoms with Crippen LogP contribution in [0.4, 0.5) is 4.39 Å². The summed E-state index contributed by atoms with van der Waals surface area (Å²) in [5.41, 5.74) is 1.96. The zero-order chi connectivity index (χ0) is 18.7. The Hall–Kier alpha value is -3.02. The van der Waals surface area contributed by atoms with Gasteiger partial charge in [-0.05, 0) is 49.7 Å². The first kappa shape index (κ1) is 17.8. The Balaban J connectivity index is 1.76. The Morgan fingerprint density at radius 1 is 1.19 bits per heavy atom. The lowest BCUT2D eigenvalue weighted by Gasteiger charge is -2.11. The van der Waals surface area contributed by atoms with E-state index in [1.165, 1.54) is 18.2 Å². The molecule has 1 heterocycles. The fraction of sp³-hybridized carbons (Fsp3) is 0.250. The van der Waals surface area contributed by atoms with E-state index in [0.29, 0.717) is 41.2 Å². The first-order valence-electron chi connectivity index (χ1n) is 8.30. The average molecular weight is 357 g/mol. The first-order chi connectivity index (χ1) is 12.5. The van der Waals surface area contributed by atoms with Gasteiger partial charge in [-0.25, -0.2) is 4.39 Å². The molecule has 2 aromatic carbocycles. The molecule has 0 atom stereocenters. The molecule has 6 heteroatoms. The van der Waals surface area contributed by atoms with Crippen molar-refractivity contribution in [2.45, 2.75) is 20.4 Å². The quantitative estimate of drug-likeness (QED) is 0.718. The molecule has 1 amide bonds. The number of carbonyl (C=O) groups is 1. The SMILES string of the molecule is CCOc1ccc(CNC(=O)c2oc3ccc(F)cc3c2C)cc1OC. The van der Waals surface area contributed by atoms with Crippen molar-refractivity contribution in [1.82, 2.24) is 5.32 Å². The summed E-state index contributed by atoms with van der Waals surface area (Å²) in [5, 5.41) is 3.41. The van der Waals surface area contributed by atoms with Crippen molar-refractivity contribution in [1.29, 1.82) is 0 Å². The third kappa shape index (κ3) is 3.49. The van der Waals surface area contributed by atoms with Crippen LogP contribution in [0.1, 0.15) is 28.6 Å². The Morgan fingerprint density at radius 3 is 2.73 bits per heavy atom. The second-order valence-electron chi connectivity index (χ2n) is 5.80. The number of methoxy groups -OCH3 is 1. The van der Waals surface area contributed by atoms with Gasteiger partial charge < -0.3 is 19.2 Å². The van der Waals surface area contributed by atoms with Crippen molar-refractivity contribution >= 4 is 16.9 Å². The van der Waals surface area contributed by atoms with E-state index in [0.717, 1.165) is 5.56 Å². The zero-order valence-electron chi connectivity index (χ0n) is 14.9. The summed E-state index contributed by atoms with van der Waals surface area (Å²) in [4.78, 5) is 12.5. The number of halogens is 1. The Kier molecular flexibility index (Phi) is 5.11. The molecule has 0 aliphatic carbocycles. The van der Waals surface area contributed by atoms with E-state index in [1.807, 2.05) is 19.1 Å². The molecular formula is C20H20FNO4. The molecule has 0 spiro atoms. The van der Waals surface area contributed by atoms with Crippen molar-refractivity contribution in [3.05, 3.63) is 59.1 Å². The average Bonchev–Trinajstić information content (AvgIpc) is 2.97. The zero-order valence-corrected chi connectivity index (χ0v) is 14.9. The molecule has 0 saturated heterocycles. The van der Waals surface area contributed by atoms with Crippen LogP contribution in [0.25, 0.3) is 11.0 Å². The summed E-state index contributed by atoms with van der Waals surface area (Å²) < 4.78 is 29.8. The fourth-order valence-corrected chi connectivity index (χ4v) is 2.77. The third-order valence-electron chi connectivity index (χ3n) is 4.09. The summed E-state index contributed by atoms with van der Waals surface area (Å²) >= 11 is 0. The summed E-state index contributed by atoms with van der Waals surface area (Å²) in [6, 6.07) is 9.66. The number of amides is 1. The molecule has 0 saturated carbocycles. The minimum atomic E-state index is -0.366. The highest BCUT2D eigenvalue weighted by molar-refractivity contribution is 5.98. The van der Waals surface area contributed by atoms with E-state index >= 15 is 0 Å². The predicted octanol–water partition coefficient (Wildman–Crippen LogP) is 4.22. The van der Waals surface area contributed by atoms with E-state index in [9.17, 15) is 9.18 Å². The maximum atomic E-state index is 13.4. The number of carbonyl (C=O) groups excluding carboxylic acids is 1. The van der Waals surface area contributed by atoms with Crippen molar-refractivity contribution in [3.63, 3.8) is 0 Å². The molecule has 0 aliphatic heterocycles. The molecule has 136 valence electrons. The number of nitrogens with one attached hydrogen (secondary N) is 1. The van der Waals surface area contributed by atoms with Gasteiger partial charge in [0.2, 0.25) is 0 Å². The second-order valence-corrected chi connectivity index (χ2v) is 5.80. The van der Waals surface area contributed by atoms with Gasteiger partial charge in [0.1, 0.15) is 11.4 Å². The topological polar surface area (TPSA) is 60.7 Å². The lowest BCUT2D eigenvalue weighted by molar-refractivity contribution is 0.0924. The highest BCUT2D eigenvalue weighted by Crippen LogP contribution is 2.28. The van der Waals surface area contributed by atoms with E-state index in [4.69, 9.17) is 13.9 Å². The minimum Gasteiger partial charge on any atom is -0.493 e. The van der Waals surface area contributed by atoms with Crippen LogP contribution >= 0.6 is 0 Å². The van der Waals surface area contributed by atoms with Gasteiger partial charge in [0.25, 0.3) is 5.91 Å². The molecule has 5 nitrogen and oxygen atoms in total. The number of hydrogen-bond donors (Lipinski definition) is 1. The maximum absolute atomic E-state index is 13.4. The van der Waals surface area contributed by atoms with Crippen LogP contribution in [0, 0.1) is 12.7 Å². The van der Waals surface area contributed by atoms with Gasteiger partial charge in [-0.1, -0.05) is 6.07 Å². The lowest BCUT2D eigenvalue weighted by Crippen LogP contribution is -2.23. The minimum absolute atomic E-state index is 0.184. The van der Waals surface area contributed by atoms with Gasteiger partial charge in [-0.2, -0.15) is 0 Å². The number of benzene rings is 2. The summed E-state index contributed by atoms with van der Waals surface area (Å²) in [6.45, 7) is 4.47. The van der Waals surface area contributed by atoms with Crippen LogP contribution in [-0.2, 0) is 6.54 Å². The lowest BCUT2D eigenvalue weighted by atomic mass is 10.1. The van der Waals surface area contributed by atoms with E-state index in [2.05, 4.69) is 5.32 Å². The van der Waals surface area contributed by atoms with Gasteiger partial charge in [0.05, 0.1) is 13.7 Å². The second kappa shape index (κ2) is 7.47. The standard InChI is InChI=1S/C20H20FNO4/c1-4-25-17-7-5-13(9-18(17)24-3)11-22-20(23)19-12(2)15-10-14(21)6-8-16(15)26-19/h5-10H,4,11H2,1-3H3,(H,22,23). The van der Waals surface area contributed by atoms with Crippen molar-refractivity contribution in [3.8, 4) is 11.5 Å². The van der Waals surface area contributed by atoms with Gasteiger partial charge in [0, 0.05) is 17.5 Å². The highest BCUT2D eigenvalue weighted by atomic mass is 19.1. The Morgan fingerprint density at radius 2 is 2.00 bits per heavy atom. The van der Waals surface area contributed by atoms with Crippen molar-refractivity contribution in [2.75, 3.05) is 13.7 Å². The van der Waals surface area contributed by atoms with E-state index in [1.54, 1.807) is 20.1 Å². The molecule has 0 aliphatic rings. The third-order valence-corrected chi connectivity index (χ3v) is 4.09. The molecule has 0 unspecified atom stereocenters. The highest BCUT2D eigenvalue weighted by Gasteiger charge is 2.18. The Labute approximate surface area is 150 Å². The van der Waals surface area contributed by atoms with Crippen LogP contribution in [0.2, 0.25) is 0 Å². The maximum Gasteiger partial charge on any atom is 0.287 e. The largest absolute Gasteiger partial charge is 0.493 e. The van der Waals surface area contributed by atoms with Crippen LogP contribution in [0.5, 0.6) is 11.5 Å². The van der Waals surface area contributed by atoms with Gasteiger partial charge in [0.15, 0.2) is 17.3 Å². The summed E-state index contributed by atoms with van der Waals surface area (Å²) in [7, 11) is 1.57. The van der Waals surface area contributed by atoms with Crippen LogP contribution in [-0.4, -0.2) is 19.6 Å². The van der Waals surface area contributed by atoms with Gasteiger partial charge in [-0.15, -0.1) is 0 Å². The monoisotopic (exact) mass is 357 g/mol. The molecule has 3 aromatic rings. The molecule has 0 fully saturated rings. The van der Waals surface area contributed by atoms with E-state index in [-0.39, 0.29) is 17.5 Å². The van der Waals surface area contributed by atoms with Crippen LogP contribution in [0.15, 0.2) is 40.8 Å². The molecular weight excluding hydrogens is 337 g/mol. The van der Waals surface area contributed by atoms with Crippen molar-refractivity contribution in [2.24, 2.45) is 0 Å². The molecule has 3 rings (SSSR count). The van der Waals surface area contributed by atoms with Crippen LogP contribution < -0.4 is 14.8 Å². The van der Waals surface area contributed by atoms with Gasteiger partial charge in [-0.3, -0.25) is 4.79 Å². The number of aryl methyl sites for hydroxylation is 1. The molecule has 0 bridgehead atoms. The normalized spacial score (nSPS) is 10.8. The molecule has 1 aromatic heterocycles.